The highest BCUT2D eigenvalue weighted by Crippen LogP contribution is 2.29. The van der Waals surface area contributed by atoms with Gasteiger partial charge in [-0.1, -0.05) is 6.92 Å². The molecule has 0 spiro atoms. The van der Waals surface area contributed by atoms with E-state index < -0.39 is 11.5 Å². The lowest BCUT2D eigenvalue weighted by Gasteiger charge is -2.12. The largest absolute Gasteiger partial charge is 0.504 e. The number of benzene rings is 2. The van der Waals surface area contributed by atoms with E-state index in [4.69, 9.17) is 4.74 Å². The number of rotatable bonds is 8. The van der Waals surface area contributed by atoms with Crippen LogP contribution >= 0.6 is 0 Å². The summed E-state index contributed by atoms with van der Waals surface area (Å²) in [6.45, 7) is 5.53. The third-order valence-electron chi connectivity index (χ3n) is 3.77. The Kier molecular flexibility index (Phi) is 6.21. The molecule has 0 heterocycles. The highest BCUT2D eigenvalue weighted by Gasteiger charge is 2.16. The van der Waals surface area contributed by atoms with Gasteiger partial charge in [0.15, 0.2) is 17.3 Å². The van der Waals surface area contributed by atoms with Crippen molar-refractivity contribution in [3.8, 4) is 17.2 Å². The van der Waals surface area contributed by atoms with Crippen LogP contribution in [0.3, 0.4) is 0 Å². The van der Waals surface area contributed by atoms with Crippen molar-refractivity contribution in [1.29, 1.82) is 0 Å². The quantitative estimate of drug-likeness (QED) is 0.394. The van der Waals surface area contributed by atoms with E-state index in [0.717, 1.165) is 13.0 Å². The first kappa shape index (κ1) is 17.8. The van der Waals surface area contributed by atoms with E-state index in [9.17, 15) is 15.0 Å². The zero-order valence-electron chi connectivity index (χ0n) is 13.9. The zero-order chi connectivity index (χ0) is 17.5. The summed E-state index contributed by atoms with van der Waals surface area (Å²) >= 11 is 0. The molecule has 0 amide bonds. The number of phenolic OH excluding ortho intramolecular Hbond substituents is 2. The molecule has 0 bridgehead atoms. The molecule has 0 fully saturated rings. The Morgan fingerprint density at radius 1 is 1.25 bits per heavy atom. The SMILES string of the molecule is CCC(C)NCCOc1ccc(C(=O)c2[c]ccc(O)c2O)cc1. The summed E-state index contributed by atoms with van der Waals surface area (Å²) in [6.07, 6.45) is 1.07. The van der Waals surface area contributed by atoms with E-state index in [1.165, 1.54) is 12.1 Å². The average Bonchev–Trinajstić information content (AvgIpc) is 2.60. The van der Waals surface area contributed by atoms with Crippen molar-refractivity contribution in [3.05, 3.63) is 53.6 Å². The number of nitrogens with one attached hydrogen (secondary N) is 1. The monoisotopic (exact) mass is 328 g/mol. The van der Waals surface area contributed by atoms with E-state index in [2.05, 4.69) is 25.2 Å². The molecule has 0 aliphatic rings. The number of phenols is 2. The second-order valence-corrected chi connectivity index (χ2v) is 5.55. The van der Waals surface area contributed by atoms with E-state index in [0.29, 0.717) is 24.0 Å². The van der Waals surface area contributed by atoms with E-state index in [1.54, 1.807) is 24.3 Å². The number of aromatic hydroxyl groups is 2. The van der Waals surface area contributed by atoms with Gasteiger partial charge in [0.05, 0.1) is 5.56 Å². The lowest BCUT2D eigenvalue weighted by molar-refractivity contribution is 0.103. The Morgan fingerprint density at radius 2 is 1.96 bits per heavy atom. The van der Waals surface area contributed by atoms with Gasteiger partial charge in [-0.15, -0.1) is 0 Å². The van der Waals surface area contributed by atoms with Gasteiger partial charge in [-0.05, 0) is 55.8 Å². The average molecular weight is 328 g/mol. The van der Waals surface area contributed by atoms with Crippen molar-refractivity contribution in [3.63, 3.8) is 0 Å². The summed E-state index contributed by atoms with van der Waals surface area (Å²) in [5.41, 5.74) is 0.332. The predicted molar refractivity (Wildman–Crippen MR) is 91.7 cm³/mol. The lowest BCUT2D eigenvalue weighted by atomic mass is 10.0. The first-order chi connectivity index (χ1) is 11.5. The molecule has 0 saturated heterocycles. The highest BCUT2D eigenvalue weighted by atomic mass is 16.5. The number of ether oxygens (including phenoxy) is 1. The normalized spacial score (nSPS) is 11.9. The van der Waals surface area contributed by atoms with Crippen LogP contribution in [-0.4, -0.2) is 35.2 Å². The molecule has 1 radical (unpaired) electrons. The molecular weight excluding hydrogens is 306 g/mol. The van der Waals surface area contributed by atoms with E-state index in [-0.39, 0.29) is 11.3 Å². The van der Waals surface area contributed by atoms with Crippen LogP contribution in [0.4, 0.5) is 0 Å². The van der Waals surface area contributed by atoms with Crippen molar-refractivity contribution >= 4 is 5.78 Å². The number of carbonyl (C=O) groups excluding carboxylic acids is 1. The van der Waals surface area contributed by atoms with Gasteiger partial charge >= 0.3 is 0 Å². The Hall–Kier alpha value is -2.53. The van der Waals surface area contributed by atoms with Crippen molar-refractivity contribution < 1.29 is 19.7 Å². The lowest BCUT2D eigenvalue weighted by Crippen LogP contribution is -2.29. The minimum Gasteiger partial charge on any atom is -0.504 e. The Morgan fingerprint density at radius 3 is 2.62 bits per heavy atom. The van der Waals surface area contributed by atoms with Crippen LogP contribution in [0.5, 0.6) is 17.2 Å². The fraction of sp³-hybridized carbons (Fsp3) is 0.316. The first-order valence-corrected chi connectivity index (χ1v) is 7.96. The summed E-state index contributed by atoms with van der Waals surface area (Å²) < 4.78 is 5.61. The molecule has 0 aliphatic heterocycles. The molecule has 0 aliphatic carbocycles. The molecule has 24 heavy (non-hydrogen) atoms. The Labute approximate surface area is 141 Å². The summed E-state index contributed by atoms with van der Waals surface area (Å²) in [6, 6.07) is 12.4. The maximum Gasteiger partial charge on any atom is 0.197 e. The van der Waals surface area contributed by atoms with Crippen LogP contribution in [0.2, 0.25) is 0 Å². The first-order valence-electron chi connectivity index (χ1n) is 7.96. The minimum atomic E-state index is -0.459. The van der Waals surface area contributed by atoms with Gasteiger partial charge in [0, 0.05) is 18.2 Å². The number of carbonyl (C=O) groups is 1. The topological polar surface area (TPSA) is 78.8 Å². The molecule has 5 heteroatoms. The van der Waals surface area contributed by atoms with Crippen LogP contribution in [-0.2, 0) is 0 Å². The number of hydrogen-bond donors (Lipinski definition) is 3. The minimum absolute atomic E-state index is 0.0542. The fourth-order valence-electron chi connectivity index (χ4n) is 2.12. The van der Waals surface area contributed by atoms with Gasteiger partial charge in [0.1, 0.15) is 12.4 Å². The van der Waals surface area contributed by atoms with Gasteiger partial charge < -0.3 is 20.3 Å². The molecule has 2 aromatic rings. The summed E-state index contributed by atoms with van der Waals surface area (Å²) in [5, 5.41) is 22.6. The maximum absolute atomic E-state index is 12.3. The van der Waals surface area contributed by atoms with Crippen LogP contribution in [0, 0.1) is 6.07 Å². The van der Waals surface area contributed by atoms with Crippen LogP contribution in [0.15, 0.2) is 36.4 Å². The molecule has 5 nitrogen and oxygen atoms in total. The van der Waals surface area contributed by atoms with Gasteiger partial charge in [-0.25, -0.2) is 0 Å². The summed E-state index contributed by atoms with van der Waals surface area (Å²) in [7, 11) is 0. The molecule has 0 aromatic heterocycles. The fourth-order valence-corrected chi connectivity index (χ4v) is 2.12. The molecule has 3 N–H and O–H groups in total. The maximum atomic E-state index is 12.3. The molecule has 2 rings (SSSR count). The third-order valence-corrected chi connectivity index (χ3v) is 3.77. The highest BCUT2D eigenvalue weighted by molar-refractivity contribution is 6.10. The summed E-state index contributed by atoms with van der Waals surface area (Å²) in [5.74, 6) is -0.542. The van der Waals surface area contributed by atoms with Gasteiger partial charge in [0.25, 0.3) is 0 Å². The van der Waals surface area contributed by atoms with Crippen LogP contribution < -0.4 is 10.1 Å². The van der Waals surface area contributed by atoms with Crippen molar-refractivity contribution in [2.24, 2.45) is 0 Å². The molecule has 2 aromatic carbocycles. The van der Waals surface area contributed by atoms with Crippen LogP contribution in [0.1, 0.15) is 36.2 Å². The van der Waals surface area contributed by atoms with Gasteiger partial charge in [0.2, 0.25) is 0 Å². The zero-order valence-corrected chi connectivity index (χ0v) is 13.9. The number of ketones is 1. The van der Waals surface area contributed by atoms with E-state index >= 15 is 0 Å². The predicted octanol–water partition coefficient (Wildman–Crippen LogP) is 2.90. The summed E-state index contributed by atoms with van der Waals surface area (Å²) in [4.78, 5) is 12.3. The Bertz CT molecular complexity index is 682. The van der Waals surface area contributed by atoms with Crippen molar-refractivity contribution in [2.75, 3.05) is 13.2 Å². The van der Waals surface area contributed by atoms with Crippen molar-refractivity contribution in [2.45, 2.75) is 26.3 Å². The molecule has 1 atom stereocenters. The Balaban J connectivity index is 1.96. The van der Waals surface area contributed by atoms with Gasteiger partial charge in [-0.2, -0.15) is 0 Å². The second-order valence-electron chi connectivity index (χ2n) is 5.55. The van der Waals surface area contributed by atoms with Gasteiger partial charge in [-0.3, -0.25) is 4.79 Å². The van der Waals surface area contributed by atoms with E-state index in [1.807, 2.05) is 0 Å². The number of hydrogen-bond acceptors (Lipinski definition) is 5. The molecular formula is C19H22NO4. The smallest absolute Gasteiger partial charge is 0.197 e. The third kappa shape index (κ3) is 4.49. The van der Waals surface area contributed by atoms with Crippen molar-refractivity contribution in [1.82, 2.24) is 5.32 Å². The molecule has 0 saturated carbocycles. The molecule has 127 valence electrons. The standard InChI is InChI=1S/C19H22NO4/c1-3-13(2)20-11-12-24-15-9-7-14(8-10-15)18(22)16-5-4-6-17(21)19(16)23/h4,6-10,13,20-21,23H,3,11-12H2,1-2H3. The second kappa shape index (κ2) is 8.36. The van der Waals surface area contributed by atoms with Crippen LogP contribution in [0.25, 0.3) is 0 Å². The molecule has 1 unspecified atom stereocenters.